The zero-order chi connectivity index (χ0) is 9.26. The molecule has 70 valence electrons. The van der Waals surface area contributed by atoms with Crippen LogP contribution in [-0.4, -0.2) is 17.9 Å². The molecule has 13 heavy (non-hydrogen) atoms. The van der Waals surface area contributed by atoms with Crippen molar-refractivity contribution in [1.82, 2.24) is 4.98 Å². The fourth-order valence-electron chi connectivity index (χ4n) is 1.82. The summed E-state index contributed by atoms with van der Waals surface area (Å²) in [7, 11) is 0. The third kappa shape index (κ3) is 1.29. The summed E-state index contributed by atoms with van der Waals surface area (Å²) in [5.41, 5.74) is 4.12. The SMILES string of the molecule is CCc1[nH]c2c(c1C=O)COCC2. The van der Waals surface area contributed by atoms with E-state index < -0.39 is 0 Å². The fraction of sp³-hybridized carbons (Fsp3) is 0.500. The number of carbonyl (C=O) groups excluding carboxylic acids is 1. The first kappa shape index (κ1) is 8.51. The molecule has 1 aliphatic rings. The van der Waals surface area contributed by atoms with Crippen LogP contribution in [-0.2, 0) is 24.2 Å². The van der Waals surface area contributed by atoms with Gasteiger partial charge in [0.25, 0.3) is 0 Å². The Labute approximate surface area is 77.1 Å². The molecule has 1 aromatic rings. The van der Waals surface area contributed by atoms with Crippen molar-refractivity contribution in [2.45, 2.75) is 26.4 Å². The highest BCUT2D eigenvalue weighted by Crippen LogP contribution is 2.22. The van der Waals surface area contributed by atoms with E-state index in [9.17, 15) is 4.79 Å². The molecule has 0 saturated heterocycles. The van der Waals surface area contributed by atoms with E-state index in [4.69, 9.17) is 4.74 Å². The van der Waals surface area contributed by atoms with E-state index in [1.54, 1.807) is 0 Å². The van der Waals surface area contributed by atoms with Gasteiger partial charge in [-0.3, -0.25) is 4.79 Å². The Morgan fingerprint density at radius 2 is 2.46 bits per heavy atom. The van der Waals surface area contributed by atoms with Gasteiger partial charge in [-0.25, -0.2) is 0 Å². The zero-order valence-electron chi connectivity index (χ0n) is 7.72. The first-order valence-electron chi connectivity index (χ1n) is 4.62. The third-order valence-corrected chi connectivity index (χ3v) is 2.53. The van der Waals surface area contributed by atoms with E-state index in [2.05, 4.69) is 4.98 Å². The molecule has 0 atom stereocenters. The number of hydrogen-bond donors (Lipinski definition) is 1. The third-order valence-electron chi connectivity index (χ3n) is 2.53. The van der Waals surface area contributed by atoms with Gasteiger partial charge in [0.05, 0.1) is 13.2 Å². The molecule has 2 heterocycles. The summed E-state index contributed by atoms with van der Waals surface area (Å²) < 4.78 is 5.32. The van der Waals surface area contributed by atoms with Crippen LogP contribution in [0.25, 0.3) is 0 Å². The van der Waals surface area contributed by atoms with Gasteiger partial charge < -0.3 is 9.72 Å². The molecule has 0 amide bonds. The second-order valence-electron chi connectivity index (χ2n) is 3.25. The van der Waals surface area contributed by atoms with Crippen LogP contribution in [0.1, 0.15) is 34.2 Å². The highest BCUT2D eigenvalue weighted by atomic mass is 16.5. The number of aromatic nitrogens is 1. The van der Waals surface area contributed by atoms with Gasteiger partial charge in [-0.1, -0.05) is 6.92 Å². The van der Waals surface area contributed by atoms with E-state index in [1.165, 1.54) is 5.69 Å². The minimum atomic E-state index is 0.583. The first-order chi connectivity index (χ1) is 6.36. The molecule has 3 heteroatoms. The number of carbonyl (C=O) groups is 1. The van der Waals surface area contributed by atoms with Gasteiger partial charge in [0.1, 0.15) is 0 Å². The molecule has 0 spiro atoms. The van der Waals surface area contributed by atoms with Crippen molar-refractivity contribution in [3.05, 3.63) is 22.5 Å². The Morgan fingerprint density at radius 3 is 3.15 bits per heavy atom. The van der Waals surface area contributed by atoms with Gasteiger partial charge in [-0.2, -0.15) is 0 Å². The Morgan fingerprint density at radius 1 is 1.62 bits per heavy atom. The number of aromatic amines is 1. The number of H-pyrrole nitrogens is 1. The van der Waals surface area contributed by atoms with Crippen molar-refractivity contribution in [1.29, 1.82) is 0 Å². The van der Waals surface area contributed by atoms with Gasteiger partial charge >= 0.3 is 0 Å². The molecule has 1 N–H and O–H groups in total. The number of fused-ring (bicyclic) bond motifs is 1. The second kappa shape index (κ2) is 3.34. The van der Waals surface area contributed by atoms with E-state index in [1.807, 2.05) is 6.92 Å². The molecule has 2 rings (SSSR count). The van der Waals surface area contributed by atoms with Gasteiger partial charge in [0.2, 0.25) is 0 Å². The predicted molar refractivity (Wildman–Crippen MR) is 48.9 cm³/mol. The average molecular weight is 179 g/mol. The zero-order valence-corrected chi connectivity index (χ0v) is 7.72. The van der Waals surface area contributed by atoms with Gasteiger partial charge in [0.15, 0.2) is 6.29 Å². The molecule has 0 radical (unpaired) electrons. The molecule has 1 aliphatic heterocycles. The van der Waals surface area contributed by atoms with E-state index >= 15 is 0 Å². The summed E-state index contributed by atoms with van der Waals surface area (Å²) >= 11 is 0. The van der Waals surface area contributed by atoms with Gasteiger partial charge in [-0.15, -0.1) is 0 Å². The molecule has 1 aromatic heterocycles. The minimum absolute atomic E-state index is 0.583. The molecule has 0 aromatic carbocycles. The number of rotatable bonds is 2. The van der Waals surface area contributed by atoms with Gasteiger partial charge in [-0.05, 0) is 6.42 Å². The molecule has 0 unspecified atom stereocenters. The fourth-order valence-corrected chi connectivity index (χ4v) is 1.82. The van der Waals surface area contributed by atoms with Crippen LogP contribution in [0.3, 0.4) is 0 Å². The smallest absolute Gasteiger partial charge is 0.152 e. The van der Waals surface area contributed by atoms with Gasteiger partial charge in [0, 0.05) is 28.9 Å². The maximum Gasteiger partial charge on any atom is 0.152 e. The lowest BCUT2D eigenvalue weighted by molar-refractivity contribution is 0.105. The van der Waals surface area contributed by atoms with E-state index in [0.717, 1.165) is 42.6 Å². The molecule has 0 fully saturated rings. The second-order valence-corrected chi connectivity index (χ2v) is 3.25. The maximum absolute atomic E-state index is 10.8. The monoisotopic (exact) mass is 179 g/mol. The quantitative estimate of drug-likeness (QED) is 0.698. The Bertz CT molecular complexity index is 328. The van der Waals surface area contributed by atoms with Crippen LogP contribution in [0.4, 0.5) is 0 Å². The van der Waals surface area contributed by atoms with Crippen LogP contribution in [0, 0.1) is 0 Å². The maximum atomic E-state index is 10.8. The largest absolute Gasteiger partial charge is 0.376 e. The van der Waals surface area contributed by atoms with Crippen LogP contribution in [0.5, 0.6) is 0 Å². The van der Waals surface area contributed by atoms with E-state index in [0.29, 0.717) is 6.61 Å². The average Bonchev–Trinajstić information content (AvgIpc) is 2.55. The minimum Gasteiger partial charge on any atom is -0.376 e. The first-order valence-corrected chi connectivity index (χ1v) is 4.62. The van der Waals surface area contributed by atoms with Crippen LogP contribution < -0.4 is 0 Å². The topological polar surface area (TPSA) is 42.1 Å². The molecule has 3 nitrogen and oxygen atoms in total. The number of aryl methyl sites for hydroxylation is 1. The standard InChI is InChI=1S/C10H13NO2/c1-2-9-7(5-12)8-6-13-4-3-10(8)11-9/h5,11H,2-4,6H2,1H3. The Balaban J connectivity index is 2.50. The van der Waals surface area contributed by atoms with Crippen LogP contribution in [0.2, 0.25) is 0 Å². The van der Waals surface area contributed by atoms with Crippen LogP contribution >= 0.6 is 0 Å². The molecule has 0 bridgehead atoms. The number of aldehydes is 1. The lowest BCUT2D eigenvalue weighted by Crippen LogP contribution is -2.09. The van der Waals surface area contributed by atoms with Crippen molar-refractivity contribution in [2.75, 3.05) is 6.61 Å². The summed E-state index contributed by atoms with van der Waals surface area (Å²) in [6.07, 6.45) is 2.71. The summed E-state index contributed by atoms with van der Waals surface area (Å²) in [6, 6.07) is 0. The Kier molecular flexibility index (Phi) is 2.19. The Hall–Kier alpha value is -1.09. The lowest BCUT2D eigenvalue weighted by Gasteiger charge is -2.11. The summed E-state index contributed by atoms with van der Waals surface area (Å²) in [4.78, 5) is 14.1. The van der Waals surface area contributed by atoms with Crippen LogP contribution in [0.15, 0.2) is 0 Å². The van der Waals surface area contributed by atoms with E-state index in [-0.39, 0.29) is 0 Å². The number of nitrogens with one attached hydrogen (secondary N) is 1. The summed E-state index contributed by atoms with van der Waals surface area (Å²) in [5.74, 6) is 0. The molecule has 0 saturated carbocycles. The van der Waals surface area contributed by atoms with Crippen molar-refractivity contribution in [3.63, 3.8) is 0 Å². The normalized spacial score (nSPS) is 15.5. The van der Waals surface area contributed by atoms with Crippen molar-refractivity contribution in [3.8, 4) is 0 Å². The molecular weight excluding hydrogens is 166 g/mol. The lowest BCUT2D eigenvalue weighted by atomic mass is 10.1. The predicted octanol–water partition coefficient (Wildman–Crippen LogP) is 1.46. The molecular formula is C10H13NO2. The van der Waals surface area contributed by atoms with Crippen molar-refractivity contribution >= 4 is 6.29 Å². The molecule has 0 aliphatic carbocycles. The highest BCUT2D eigenvalue weighted by molar-refractivity contribution is 5.80. The summed E-state index contributed by atoms with van der Waals surface area (Å²) in [5, 5.41) is 0. The highest BCUT2D eigenvalue weighted by Gasteiger charge is 2.18. The van der Waals surface area contributed by atoms with Crippen molar-refractivity contribution in [2.24, 2.45) is 0 Å². The number of hydrogen-bond acceptors (Lipinski definition) is 2. The van der Waals surface area contributed by atoms with Crippen molar-refractivity contribution < 1.29 is 9.53 Å². The number of ether oxygens (including phenoxy) is 1. The summed E-state index contributed by atoms with van der Waals surface area (Å²) in [6.45, 7) is 3.39.